The SMILES string of the molecule is CCCCCN(C)C(=O)c1cc(-c2ccc(OC)cc2)on1. The van der Waals surface area contributed by atoms with Crippen LogP contribution in [0.1, 0.15) is 36.7 Å². The summed E-state index contributed by atoms with van der Waals surface area (Å²) in [6, 6.07) is 9.12. The lowest BCUT2D eigenvalue weighted by Crippen LogP contribution is -2.27. The fraction of sp³-hybridized carbons (Fsp3) is 0.412. The number of carbonyl (C=O) groups is 1. The molecule has 2 rings (SSSR count). The van der Waals surface area contributed by atoms with Gasteiger partial charge in [0.05, 0.1) is 7.11 Å². The van der Waals surface area contributed by atoms with Crippen molar-refractivity contribution in [1.82, 2.24) is 10.1 Å². The largest absolute Gasteiger partial charge is 0.497 e. The van der Waals surface area contributed by atoms with Gasteiger partial charge in [0, 0.05) is 25.2 Å². The predicted molar refractivity (Wildman–Crippen MR) is 85.0 cm³/mol. The molecule has 0 aliphatic carbocycles. The molecule has 5 nitrogen and oxygen atoms in total. The zero-order chi connectivity index (χ0) is 15.9. The van der Waals surface area contributed by atoms with Gasteiger partial charge in [-0.15, -0.1) is 0 Å². The van der Waals surface area contributed by atoms with Gasteiger partial charge in [0.25, 0.3) is 5.91 Å². The van der Waals surface area contributed by atoms with E-state index in [1.54, 1.807) is 25.1 Å². The normalized spacial score (nSPS) is 10.5. The molecule has 1 heterocycles. The number of amides is 1. The van der Waals surface area contributed by atoms with E-state index in [0.717, 1.165) is 37.1 Å². The van der Waals surface area contributed by atoms with Crippen LogP contribution in [0, 0.1) is 0 Å². The minimum absolute atomic E-state index is 0.111. The molecule has 0 fully saturated rings. The van der Waals surface area contributed by atoms with E-state index < -0.39 is 0 Å². The van der Waals surface area contributed by atoms with Gasteiger partial charge < -0.3 is 14.2 Å². The molecule has 0 aliphatic rings. The first-order valence-corrected chi connectivity index (χ1v) is 7.52. The topological polar surface area (TPSA) is 55.6 Å². The van der Waals surface area contributed by atoms with Crippen LogP contribution >= 0.6 is 0 Å². The highest BCUT2D eigenvalue weighted by molar-refractivity contribution is 5.92. The summed E-state index contributed by atoms with van der Waals surface area (Å²) in [7, 11) is 3.41. The number of unbranched alkanes of at least 4 members (excludes halogenated alkanes) is 2. The molecule has 0 radical (unpaired) electrons. The number of hydrogen-bond acceptors (Lipinski definition) is 4. The van der Waals surface area contributed by atoms with Crippen LogP contribution in [0.5, 0.6) is 5.75 Å². The third kappa shape index (κ3) is 3.87. The van der Waals surface area contributed by atoms with Crippen molar-refractivity contribution >= 4 is 5.91 Å². The maximum atomic E-state index is 12.3. The van der Waals surface area contributed by atoms with Crippen LogP contribution in [-0.4, -0.2) is 36.7 Å². The van der Waals surface area contributed by atoms with Gasteiger partial charge in [0.1, 0.15) is 5.75 Å². The first kappa shape index (κ1) is 16.1. The van der Waals surface area contributed by atoms with Crippen LogP contribution in [0.15, 0.2) is 34.9 Å². The number of aromatic nitrogens is 1. The Labute approximate surface area is 130 Å². The first-order chi connectivity index (χ1) is 10.7. The number of hydrogen-bond donors (Lipinski definition) is 0. The smallest absolute Gasteiger partial charge is 0.275 e. The molecule has 0 bridgehead atoms. The Morgan fingerprint density at radius 1 is 1.27 bits per heavy atom. The van der Waals surface area contributed by atoms with Crippen molar-refractivity contribution in [1.29, 1.82) is 0 Å². The summed E-state index contributed by atoms with van der Waals surface area (Å²) in [6.45, 7) is 2.87. The molecule has 0 unspecified atom stereocenters. The van der Waals surface area contributed by atoms with Gasteiger partial charge in [-0.25, -0.2) is 0 Å². The van der Waals surface area contributed by atoms with Crippen molar-refractivity contribution in [2.24, 2.45) is 0 Å². The Hall–Kier alpha value is -2.30. The standard InChI is InChI=1S/C17H22N2O3/c1-4-5-6-11-19(2)17(20)15-12-16(22-18-15)13-7-9-14(21-3)10-8-13/h7-10,12H,4-6,11H2,1-3H3. The molecule has 0 atom stereocenters. The van der Waals surface area contributed by atoms with E-state index in [2.05, 4.69) is 12.1 Å². The lowest BCUT2D eigenvalue weighted by Gasteiger charge is -2.14. The van der Waals surface area contributed by atoms with Crippen LogP contribution in [-0.2, 0) is 0 Å². The van der Waals surface area contributed by atoms with Crippen molar-refractivity contribution < 1.29 is 14.1 Å². The van der Waals surface area contributed by atoms with E-state index in [-0.39, 0.29) is 5.91 Å². The maximum Gasteiger partial charge on any atom is 0.275 e. The van der Waals surface area contributed by atoms with E-state index in [1.807, 2.05) is 24.3 Å². The summed E-state index contributed by atoms with van der Waals surface area (Å²) in [5, 5.41) is 3.89. The fourth-order valence-corrected chi connectivity index (χ4v) is 2.16. The second-order valence-electron chi connectivity index (χ2n) is 5.24. The molecule has 1 aromatic heterocycles. The molecule has 0 spiro atoms. The monoisotopic (exact) mass is 302 g/mol. The minimum Gasteiger partial charge on any atom is -0.497 e. The van der Waals surface area contributed by atoms with Gasteiger partial charge in [-0.05, 0) is 30.7 Å². The van der Waals surface area contributed by atoms with Crippen molar-refractivity contribution in [3.63, 3.8) is 0 Å². The molecule has 5 heteroatoms. The Morgan fingerprint density at radius 2 is 2.00 bits per heavy atom. The molecule has 22 heavy (non-hydrogen) atoms. The average Bonchev–Trinajstić information content (AvgIpc) is 3.04. The molecule has 0 aliphatic heterocycles. The number of carbonyl (C=O) groups excluding carboxylic acids is 1. The molecule has 1 aromatic carbocycles. The number of rotatable bonds is 7. The zero-order valence-electron chi connectivity index (χ0n) is 13.3. The van der Waals surface area contributed by atoms with Gasteiger partial charge in [-0.3, -0.25) is 4.79 Å². The Bertz CT molecular complexity index is 605. The highest BCUT2D eigenvalue weighted by Crippen LogP contribution is 2.23. The third-order valence-corrected chi connectivity index (χ3v) is 3.55. The van der Waals surface area contributed by atoms with Gasteiger partial charge >= 0.3 is 0 Å². The quantitative estimate of drug-likeness (QED) is 0.733. The van der Waals surface area contributed by atoms with Crippen molar-refractivity contribution in [3.05, 3.63) is 36.0 Å². The summed E-state index contributed by atoms with van der Waals surface area (Å²) >= 11 is 0. The Morgan fingerprint density at radius 3 is 2.64 bits per heavy atom. The molecule has 1 amide bonds. The summed E-state index contributed by atoms with van der Waals surface area (Å²) in [6.07, 6.45) is 3.25. The molecule has 2 aromatic rings. The number of methoxy groups -OCH3 is 1. The second-order valence-corrected chi connectivity index (χ2v) is 5.24. The number of nitrogens with zero attached hydrogens (tertiary/aromatic N) is 2. The van der Waals surface area contributed by atoms with Crippen LogP contribution in [0.2, 0.25) is 0 Å². The molecular weight excluding hydrogens is 280 g/mol. The van der Waals surface area contributed by atoms with Crippen molar-refractivity contribution in [2.45, 2.75) is 26.2 Å². The maximum absolute atomic E-state index is 12.3. The highest BCUT2D eigenvalue weighted by Gasteiger charge is 2.17. The van der Waals surface area contributed by atoms with E-state index >= 15 is 0 Å². The first-order valence-electron chi connectivity index (χ1n) is 7.52. The highest BCUT2D eigenvalue weighted by atomic mass is 16.5. The Balaban J connectivity index is 2.05. The molecule has 0 saturated carbocycles. The van der Waals surface area contributed by atoms with Crippen LogP contribution in [0.25, 0.3) is 11.3 Å². The molecular formula is C17H22N2O3. The fourth-order valence-electron chi connectivity index (χ4n) is 2.16. The summed E-state index contributed by atoms with van der Waals surface area (Å²) < 4.78 is 10.4. The lowest BCUT2D eigenvalue weighted by molar-refractivity contribution is 0.0782. The number of ether oxygens (including phenoxy) is 1. The minimum atomic E-state index is -0.111. The van der Waals surface area contributed by atoms with E-state index in [1.165, 1.54) is 0 Å². The molecule has 0 N–H and O–H groups in total. The molecule has 118 valence electrons. The van der Waals surface area contributed by atoms with Gasteiger partial charge in [-0.1, -0.05) is 24.9 Å². The third-order valence-electron chi connectivity index (χ3n) is 3.55. The van der Waals surface area contributed by atoms with Crippen LogP contribution in [0.3, 0.4) is 0 Å². The molecule has 0 saturated heterocycles. The average molecular weight is 302 g/mol. The van der Waals surface area contributed by atoms with Crippen LogP contribution in [0.4, 0.5) is 0 Å². The lowest BCUT2D eigenvalue weighted by atomic mass is 10.1. The Kier molecular flexibility index (Phi) is 5.58. The number of benzene rings is 1. The van der Waals surface area contributed by atoms with Gasteiger partial charge in [0.2, 0.25) is 0 Å². The van der Waals surface area contributed by atoms with Gasteiger partial charge in [0.15, 0.2) is 11.5 Å². The summed E-state index contributed by atoms with van der Waals surface area (Å²) in [5.74, 6) is 1.24. The van der Waals surface area contributed by atoms with E-state index in [9.17, 15) is 4.79 Å². The predicted octanol–water partition coefficient (Wildman–Crippen LogP) is 3.61. The summed E-state index contributed by atoms with van der Waals surface area (Å²) in [5.41, 5.74) is 1.20. The van der Waals surface area contributed by atoms with E-state index in [0.29, 0.717) is 11.5 Å². The second kappa shape index (κ2) is 7.64. The van der Waals surface area contributed by atoms with Crippen molar-refractivity contribution in [2.75, 3.05) is 20.7 Å². The van der Waals surface area contributed by atoms with E-state index in [4.69, 9.17) is 9.26 Å². The van der Waals surface area contributed by atoms with Crippen LogP contribution < -0.4 is 4.74 Å². The van der Waals surface area contributed by atoms with Gasteiger partial charge in [-0.2, -0.15) is 0 Å². The van der Waals surface area contributed by atoms with Crippen molar-refractivity contribution in [3.8, 4) is 17.1 Å². The summed E-state index contributed by atoms with van der Waals surface area (Å²) in [4.78, 5) is 14.0. The zero-order valence-corrected chi connectivity index (χ0v) is 13.3.